The second-order valence-corrected chi connectivity index (χ2v) is 3.02. The predicted molar refractivity (Wildman–Crippen MR) is 52.3 cm³/mol. The maximum Gasteiger partial charge on any atom is 0.339 e. The number of hydrogen-bond acceptors (Lipinski definition) is 3. The van der Waals surface area contributed by atoms with Crippen LogP contribution in [0.4, 0.5) is 0 Å². The monoisotopic (exact) mass is 197 g/mol. The molecule has 0 atom stereocenters. The van der Waals surface area contributed by atoms with E-state index < -0.39 is 5.97 Å². The molecule has 1 aromatic heterocycles. The molecule has 78 valence electrons. The third-order valence-electron chi connectivity index (χ3n) is 2.24. The van der Waals surface area contributed by atoms with Crippen molar-refractivity contribution in [2.45, 2.75) is 20.4 Å². The first-order valence-corrected chi connectivity index (χ1v) is 4.71. The molecule has 0 bridgehead atoms. The van der Waals surface area contributed by atoms with Crippen molar-refractivity contribution < 1.29 is 14.3 Å². The molecule has 1 N–H and O–H groups in total. The number of carboxylic acid groups (broad SMARTS) is 1. The maximum absolute atomic E-state index is 10.8. The van der Waals surface area contributed by atoms with E-state index >= 15 is 0 Å². The molecule has 0 aliphatic carbocycles. The molecule has 0 amide bonds. The van der Waals surface area contributed by atoms with Crippen LogP contribution in [0.1, 0.15) is 30.0 Å². The molecule has 0 unspecified atom stereocenters. The van der Waals surface area contributed by atoms with Crippen molar-refractivity contribution in [2.75, 3.05) is 13.1 Å². The molecule has 1 aromatic rings. The van der Waals surface area contributed by atoms with E-state index in [-0.39, 0.29) is 5.56 Å². The summed E-state index contributed by atoms with van der Waals surface area (Å²) >= 11 is 0. The highest BCUT2D eigenvalue weighted by molar-refractivity contribution is 5.88. The molecule has 4 heteroatoms. The molecule has 4 nitrogen and oxygen atoms in total. The van der Waals surface area contributed by atoms with E-state index in [9.17, 15) is 4.79 Å². The van der Waals surface area contributed by atoms with Gasteiger partial charge in [-0.05, 0) is 19.2 Å². The maximum atomic E-state index is 10.8. The van der Waals surface area contributed by atoms with Crippen molar-refractivity contribution in [3.63, 3.8) is 0 Å². The minimum absolute atomic E-state index is 0.261. The van der Waals surface area contributed by atoms with Crippen LogP contribution in [-0.2, 0) is 6.54 Å². The van der Waals surface area contributed by atoms with Gasteiger partial charge in [0.15, 0.2) is 0 Å². The Balaban J connectivity index is 2.75. The zero-order chi connectivity index (χ0) is 10.6. The summed E-state index contributed by atoms with van der Waals surface area (Å²) in [6, 6.07) is 1.49. The van der Waals surface area contributed by atoms with Crippen molar-refractivity contribution in [3.8, 4) is 0 Å². The van der Waals surface area contributed by atoms with Crippen molar-refractivity contribution in [1.82, 2.24) is 4.90 Å². The van der Waals surface area contributed by atoms with Crippen LogP contribution in [0, 0.1) is 0 Å². The SMILES string of the molecule is CCN(CC)Cc1occc1C(=O)O. The normalized spacial score (nSPS) is 10.8. The van der Waals surface area contributed by atoms with E-state index in [1.165, 1.54) is 12.3 Å². The van der Waals surface area contributed by atoms with Crippen LogP contribution in [0.2, 0.25) is 0 Å². The summed E-state index contributed by atoms with van der Waals surface area (Å²) in [4.78, 5) is 12.9. The third kappa shape index (κ3) is 2.35. The van der Waals surface area contributed by atoms with Gasteiger partial charge >= 0.3 is 5.97 Å². The Labute approximate surface area is 83.1 Å². The van der Waals surface area contributed by atoms with Crippen LogP contribution in [-0.4, -0.2) is 29.1 Å². The molecule has 0 saturated heterocycles. The number of hydrogen-bond donors (Lipinski definition) is 1. The molecule has 0 aliphatic heterocycles. The average molecular weight is 197 g/mol. The van der Waals surface area contributed by atoms with Gasteiger partial charge in [-0.15, -0.1) is 0 Å². The largest absolute Gasteiger partial charge is 0.478 e. The topological polar surface area (TPSA) is 53.7 Å². The first-order valence-electron chi connectivity index (χ1n) is 4.71. The lowest BCUT2D eigenvalue weighted by Gasteiger charge is -2.16. The zero-order valence-corrected chi connectivity index (χ0v) is 8.49. The number of carboxylic acids is 1. The summed E-state index contributed by atoms with van der Waals surface area (Å²) in [7, 11) is 0. The van der Waals surface area contributed by atoms with Crippen LogP contribution in [0.15, 0.2) is 16.7 Å². The molecule has 0 fully saturated rings. The van der Waals surface area contributed by atoms with Crippen molar-refractivity contribution >= 4 is 5.97 Å². The van der Waals surface area contributed by atoms with E-state index in [0.717, 1.165) is 13.1 Å². The van der Waals surface area contributed by atoms with E-state index in [1.807, 2.05) is 13.8 Å². The van der Waals surface area contributed by atoms with Crippen molar-refractivity contribution in [2.24, 2.45) is 0 Å². The number of nitrogens with zero attached hydrogens (tertiary/aromatic N) is 1. The van der Waals surface area contributed by atoms with E-state index in [1.54, 1.807) is 0 Å². The second kappa shape index (κ2) is 4.81. The number of carbonyl (C=O) groups is 1. The average Bonchev–Trinajstić information content (AvgIpc) is 2.62. The molecule has 14 heavy (non-hydrogen) atoms. The van der Waals surface area contributed by atoms with Crippen LogP contribution < -0.4 is 0 Å². The van der Waals surface area contributed by atoms with Gasteiger partial charge < -0.3 is 9.52 Å². The lowest BCUT2D eigenvalue weighted by Crippen LogP contribution is -2.22. The molecular weight excluding hydrogens is 182 g/mol. The minimum Gasteiger partial charge on any atom is -0.478 e. The molecule has 0 spiro atoms. The second-order valence-electron chi connectivity index (χ2n) is 3.02. The highest BCUT2D eigenvalue weighted by atomic mass is 16.4. The molecular formula is C10H15NO3. The summed E-state index contributed by atoms with van der Waals surface area (Å²) in [5.41, 5.74) is 0.261. The molecule has 0 saturated carbocycles. The Morgan fingerprint density at radius 1 is 1.50 bits per heavy atom. The zero-order valence-electron chi connectivity index (χ0n) is 8.49. The quantitative estimate of drug-likeness (QED) is 0.782. The number of furan rings is 1. The molecule has 1 rings (SSSR count). The van der Waals surface area contributed by atoms with Crippen LogP contribution in [0.3, 0.4) is 0 Å². The van der Waals surface area contributed by atoms with Gasteiger partial charge in [-0.2, -0.15) is 0 Å². The Morgan fingerprint density at radius 2 is 2.14 bits per heavy atom. The van der Waals surface area contributed by atoms with Crippen LogP contribution in [0.5, 0.6) is 0 Å². The van der Waals surface area contributed by atoms with Gasteiger partial charge in [0.1, 0.15) is 11.3 Å². The Kier molecular flexibility index (Phi) is 3.71. The van der Waals surface area contributed by atoms with Gasteiger partial charge in [-0.25, -0.2) is 4.79 Å². The van der Waals surface area contributed by atoms with Gasteiger partial charge in [0.05, 0.1) is 12.8 Å². The fourth-order valence-electron chi connectivity index (χ4n) is 1.30. The summed E-state index contributed by atoms with van der Waals surface area (Å²) in [5, 5.41) is 8.83. The van der Waals surface area contributed by atoms with E-state index in [0.29, 0.717) is 12.3 Å². The van der Waals surface area contributed by atoms with E-state index in [4.69, 9.17) is 9.52 Å². The highest BCUT2D eigenvalue weighted by Crippen LogP contribution is 2.12. The lowest BCUT2D eigenvalue weighted by atomic mass is 10.2. The lowest BCUT2D eigenvalue weighted by molar-refractivity contribution is 0.0692. The first-order chi connectivity index (χ1) is 6.69. The van der Waals surface area contributed by atoms with Crippen LogP contribution in [0.25, 0.3) is 0 Å². The first kappa shape index (κ1) is 10.8. The molecule has 0 radical (unpaired) electrons. The fourth-order valence-corrected chi connectivity index (χ4v) is 1.30. The van der Waals surface area contributed by atoms with Gasteiger partial charge in [-0.3, -0.25) is 4.90 Å². The van der Waals surface area contributed by atoms with Crippen LogP contribution >= 0.6 is 0 Å². The smallest absolute Gasteiger partial charge is 0.339 e. The Bertz CT molecular complexity index is 302. The summed E-state index contributed by atoms with van der Waals surface area (Å²) in [5.74, 6) is -0.401. The molecule has 0 aromatic carbocycles. The summed E-state index contributed by atoms with van der Waals surface area (Å²) in [6.45, 7) is 6.40. The summed E-state index contributed by atoms with van der Waals surface area (Å²) in [6.07, 6.45) is 1.42. The van der Waals surface area contributed by atoms with Crippen molar-refractivity contribution in [3.05, 3.63) is 23.7 Å². The number of rotatable bonds is 5. The Morgan fingerprint density at radius 3 is 2.64 bits per heavy atom. The summed E-state index contributed by atoms with van der Waals surface area (Å²) < 4.78 is 5.14. The van der Waals surface area contributed by atoms with Gasteiger partial charge in [0.2, 0.25) is 0 Å². The van der Waals surface area contributed by atoms with Gasteiger partial charge in [-0.1, -0.05) is 13.8 Å². The Hall–Kier alpha value is -1.29. The van der Waals surface area contributed by atoms with Gasteiger partial charge in [0, 0.05) is 0 Å². The third-order valence-corrected chi connectivity index (χ3v) is 2.24. The molecule has 0 aliphatic rings. The minimum atomic E-state index is -0.930. The molecule has 1 heterocycles. The van der Waals surface area contributed by atoms with E-state index in [2.05, 4.69) is 4.90 Å². The standard InChI is InChI=1S/C10H15NO3/c1-3-11(4-2)7-9-8(10(12)13)5-6-14-9/h5-6H,3-4,7H2,1-2H3,(H,12,13). The van der Waals surface area contributed by atoms with Gasteiger partial charge in [0.25, 0.3) is 0 Å². The number of aromatic carboxylic acids is 1. The predicted octanol–water partition coefficient (Wildman–Crippen LogP) is 1.82. The fraction of sp³-hybridized carbons (Fsp3) is 0.500. The highest BCUT2D eigenvalue weighted by Gasteiger charge is 2.14. The van der Waals surface area contributed by atoms with Crippen molar-refractivity contribution in [1.29, 1.82) is 0 Å².